The summed E-state index contributed by atoms with van der Waals surface area (Å²) in [5.74, 6) is -0.852. The molecule has 0 fully saturated rings. The minimum atomic E-state index is -1.00. The van der Waals surface area contributed by atoms with E-state index in [4.69, 9.17) is 10.5 Å². The van der Waals surface area contributed by atoms with Crippen LogP contribution >= 0.6 is 0 Å². The van der Waals surface area contributed by atoms with E-state index >= 15 is 0 Å². The summed E-state index contributed by atoms with van der Waals surface area (Å²) < 4.78 is 6.87. The zero-order valence-electron chi connectivity index (χ0n) is 11.0. The number of para-hydroxylation sites is 1. The lowest BCUT2D eigenvalue weighted by Gasteiger charge is -2.08. The predicted molar refractivity (Wildman–Crippen MR) is 71.4 cm³/mol. The SMILES string of the molecule is Cc1nc2cccc(C(=O)O)c2n1CCOCC(N)=O. The largest absolute Gasteiger partial charge is 0.478 e. The predicted octanol–water partition coefficient (Wildman–Crippen LogP) is 0.545. The van der Waals surface area contributed by atoms with E-state index in [9.17, 15) is 14.7 Å². The summed E-state index contributed by atoms with van der Waals surface area (Å²) in [6.45, 7) is 2.29. The number of carbonyl (C=O) groups excluding carboxylic acids is 1. The fourth-order valence-electron chi connectivity index (χ4n) is 2.08. The molecule has 0 atom stereocenters. The molecule has 0 saturated heterocycles. The zero-order chi connectivity index (χ0) is 14.7. The van der Waals surface area contributed by atoms with Gasteiger partial charge in [-0.25, -0.2) is 9.78 Å². The average Bonchev–Trinajstić information content (AvgIpc) is 2.70. The smallest absolute Gasteiger partial charge is 0.337 e. The van der Waals surface area contributed by atoms with Crippen LogP contribution in [0.3, 0.4) is 0 Å². The maximum absolute atomic E-state index is 11.3. The summed E-state index contributed by atoms with van der Waals surface area (Å²) in [6, 6.07) is 4.95. The summed E-state index contributed by atoms with van der Waals surface area (Å²) in [6.07, 6.45) is 0. The van der Waals surface area contributed by atoms with E-state index < -0.39 is 11.9 Å². The van der Waals surface area contributed by atoms with Gasteiger partial charge in [0.05, 0.1) is 23.2 Å². The molecule has 7 heteroatoms. The zero-order valence-corrected chi connectivity index (χ0v) is 11.0. The van der Waals surface area contributed by atoms with E-state index in [0.29, 0.717) is 23.4 Å². The number of nitrogens with two attached hydrogens (primary N) is 1. The highest BCUT2D eigenvalue weighted by molar-refractivity contribution is 6.01. The first-order valence-electron chi connectivity index (χ1n) is 6.06. The van der Waals surface area contributed by atoms with Crippen LogP contribution in [-0.2, 0) is 16.1 Å². The molecule has 1 amide bonds. The summed E-state index contributed by atoms with van der Waals surface area (Å²) >= 11 is 0. The number of nitrogens with zero attached hydrogens (tertiary/aromatic N) is 2. The summed E-state index contributed by atoms with van der Waals surface area (Å²) in [5, 5.41) is 9.23. The second kappa shape index (κ2) is 5.70. The van der Waals surface area contributed by atoms with Crippen molar-refractivity contribution in [1.82, 2.24) is 9.55 Å². The van der Waals surface area contributed by atoms with Crippen LogP contribution in [0.25, 0.3) is 11.0 Å². The van der Waals surface area contributed by atoms with Crippen LogP contribution in [0.2, 0.25) is 0 Å². The first-order chi connectivity index (χ1) is 9.50. The number of aryl methyl sites for hydroxylation is 1. The normalized spacial score (nSPS) is 10.8. The number of benzene rings is 1. The highest BCUT2D eigenvalue weighted by Gasteiger charge is 2.15. The molecular weight excluding hydrogens is 262 g/mol. The number of hydrogen-bond donors (Lipinski definition) is 2. The lowest BCUT2D eigenvalue weighted by molar-refractivity contribution is -0.122. The van der Waals surface area contributed by atoms with Crippen LogP contribution in [0.1, 0.15) is 16.2 Å². The van der Waals surface area contributed by atoms with Crippen molar-refractivity contribution in [3.8, 4) is 0 Å². The Balaban J connectivity index is 2.30. The van der Waals surface area contributed by atoms with Gasteiger partial charge < -0.3 is 20.1 Å². The number of carboxylic acid groups (broad SMARTS) is 1. The van der Waals surface area contributed by atoms with Crippen molar-refractivity contribution in [3.63, 3.8) is 0 Å². The first-order valence-corrected chi connectivity index (χ1v) is 6.06. The van der Waals surface area contributed by atoms with Crippen LogP contribution in [0.15, 0.2) is 18.2 Å². The third-order valence-electron chi connectivity index (χ3n) is 2.89. The van der Waals surface area contributed by atoms with Gasteiger partial charge in [0.25, 0.3) is 0 Å². The minimum Gasteiger partial charge on any atom is -0.478 e. The molecule has 3 N–H and O–H groups in total. The number of fused-ring (bicyclic) bond motifs is 1. The number of rotatable bonds is 6. The van der Waals surface area contributed by atoms with Gasteiger partial charge in [0.2, 0.25) is 5.91 Å². The Morgan fingerprint density at radius 2 is 2.20 bits per heavy atom. The minimum absolute atomic E-state index is 0.155. The Hall–Kier alpha value is -2.41. The van der Waals surface area contributed by atoms with Gasteiger partial charge in [-0.05, 0) is 19.1 Å². The van der Waals surface area contributed by atoms with E-state index in [0.717, 1.165) is 0 Å². The Bertz CT molecular complexity index is 663. The number of amides is 1. The number of hydrogen-bond acceptors (Lipinski definition) is 4. The topological polar surface area (TPSA) is 107 Å². The van der Waals surface area contributed by atoms with Crippen LogP contribution < -0.4 is 5.73 Å². The van der Waals surface area contributed by atoms with Crippen molar-refractivity contribution < 1.29 is 19.4 Å². The molecule has 2 aromatic rings. The number of aromatic carboxylic acids is 1. The standard InChI is InChI=1S/C13H15N3O4/c1-8-15-10-4-2-3-9(13(18)19)12(10)16(8)5-6-20-7-11(14)17/h2-4H,5-7H2,1H3,(H2,14,17)(H,18,19). The molecule has 0 saturated carbocycles. The van der Waals surface area contributed by atoms with Crippen LogP contribution in [0, 0.1) is 6.92 Å². The van der Waals surface area contributed by atoms with E-state index in [-0.39, 0.29) is 18.8 Å². The number of carboxylic acids is 1. The summed E-state index contributed by atoms with van der Waals surface area (Å²) in [5.41, 5.74) is 6.35. The first kappa shape index (κ1) is 14.0. The van der Waals surface area contributed by atoms with Crippen molar-refractivity contribution in [2.24, 2.45) is 5.73 Å². The molecule has 1 aromatic heterocycles. The van der Waals surface area contributed by atoms with E-state index in [1.807, 2.05) is 0 Å². The highest BCUT2D eigenvalue weighted by Crippen LogP contribution is 2.20. The fourth-order valence-corrected chi connectivity index (χ4v) is 2.08. The lowest BCUT2D eigenvalue weighted by Crippen LogP contribution is -2.20. The average molecular weight is 277 g/mol. The molecule has 0 aliphatic heterocycles. The maximum Gasteiger partial charge on any atom is 0.337 e. The molecule has 0 unspecified atom stereocenters. The molecule has 1 heterocycles. The fraction of sp³-hybridized carbons (Fsp3) is 0.308. The quantitative estimate of drug-likeness (QED) is 0.749. The van der Waals surface area contributed by atoms with Crippen molar-refractivity contribution in [2.75, 3.05) is 13.2 Å². The summed E-state index contributed by atoms with van der Waals surface area (Å²) in [7, 11) is 0. The third-order valence-corrected chi connectivity index (χ3v) is 2.89. The molecule has 0 bridgehead atoms. The molecule has 0 spiro atoms. The molecule has 106 valence electrons. The van der Waals surface area contributed by atoms with Crippen molar-refractivity contribution >= 4 is 22.9 Å². The second-order valence-electron chi connectivity index (χ2n) is 4.31. The number of imidazole rings is 1. The van der Waals surface area contributed by atoms with Crippen molar-refractivity contribution in [2.45, 2.75) is 13.5 Å². The maximum atomic E-state index is 11.3. The van der Waals surface area contributed by atoms with Gasteiger partial charge >= 0.3 is 5.97 Å². The van der Waals surface area contributed by atoms with Gasteiger partial charge in [0, 0.05) is 6.54 Å². The molecule has 0 radical (unpaired) electrons. The molecule has 20 heavy (non-hydrogen) atoms. The number of ether oxygens (including phenoxy) is 1. The molecule has 2 rings (SSSR count). The molecule has 1 aromatic carbocycles. The van der Waals surface area contributed by atoms with Gasteiger partial charge in [-0.1, -0.05) is 6.07 Å². The Labute approximate surface area is 115 Å². The number of primary amides is 1. The highest BCUT2D eigenvalue weighted by atomic mass is 16.5. The van der Waals surface area contributed by atoms with Crippen molar-refractivity contribution in [1.29, 1.82) is 0 Å². The monoisotopic (exact) mass is 277 g/mol. The van der Waals surface area contributed by atoms with Gasteiger partial charge in [-0.15, -0.1) is 0 Å². The Kier molecular flexibility index (Phi) is 3.99. The molecule has 0 aliphatic carbocycles. The second-order valence-corrected chi connectivity index (χ2v) is 4.31. The Morgan fingerprint density at radius 1 is 1.45 bits per heavy atom. The molecule has 7 nitrogen and oxygen atoms in total. The van der Waals surface area contributed by atoms with E-state index in [1.165, 1.54) is 6.07 Å². The van der Waals surface area contributed by atoms with Crippen LogP contribution in [0.4, 0.5) is 0 Å². The molecular formula is C13H15N3O4. The van der Waals surface area contributed by atoms with E-state index in [2.05, 4.69) is 4.98 Å². The van der Waals surface area contributed by atoms with Crippen LogP contribution in [0.5, 0.6) is 0 Å². The Morgan fingerprint density at radius 3 is 2.85 bits per heavy atom. The van der Waals surface area contributed by atoms with Gasteiger partial charge in [0.15, 0.2) is 0 Å². The van der Waals surface area contributed by atoms with E-state index in [1.54, 1.807) is 23.6 Å². The van der Waals surface area contributed by atoms with Gasteiger partial charge in [-0.2, -0.15) is 0 Å². The summed E-state index contributed by atoms with van der Waals surface area (Å²) in [4.78, 5) is 26.2. The third kappa shape index (κ3) is 2.77. The number of aromatic nitrogens is 2. The van der Waals surface area contributed by atoms with Crippen LogP contribution in [-0.4, -0.2) is 39.7 Å². The molecule has 0 aliphatic rings. The number of carbonyl (C=O) groups is 2. The van der Waals surface area contributed by atoms with Crippen molar-refractivity contribution in [3.05, 3.63) is 29.6 Å². The van der Waals surface area contributed by atoms with Gasteiger partial charge in [-0.3, -0.25) is 4.79 Å². The lowest BCUT2D eigenvalue weighted by atomic mass is 10.2. The van der Waals surface area contributed by atoms with Gasteiger partial charge in [0.1, 0.15) is 12.4 Å².